The predicted octanol–water partition coefficient (Wildman–Crippen LogP) is 2.25. The molecule has 0 saturated carbocycles. The maximum absolute atomic E-state index is 10.4. The minimum atomic E-state index is 0.157. The topological polar surface area (TPSA) is 17.1 Å². The lowest BCUT2D eigenvalue weighted by atomic mass is 10.2. The number of allylic oxidation sites excluding steroid dienone is 2. The highest BCUT2D eigenvalue weighted by molar-refractivity contribution is 5.76. The van der Waals surface area contributed by atoms with E-state index in [1.165, 1.54) is 0 Å². The minimum absolute atomic E-state index is 0.157. The maximum Gasteiger partial charge on any atom is 0.134 e. The fraction of sp³-hybridized carbons (Fsp3) is 0.333. The summed E-state index contributed by atoms with van der Waals surface area (Å²) in [6.07, 6.45) is 3.89. The van der Waals surface area contributed by atoms with Crippen molar-refractivity contribution in [2.75, 3.05) is 0 Å². The molecule has 0 aromatic heterocycles. The van der Waals surface area contributed by atoms with E-state index in [1.807, 2.05) is 6.92 Å². The van der Waals surface area contributed by atoms with Gasteiger partial charge in [0.25, 0.3) is 0 Å². The zero-order chi connectivity index (χ0) is 7.98. The first-order chi connectivity index (χ1) is 4.66. The van der Waals surface area contributed by atoms with Gasteiger partial charge in [-0.25, -0.2) is 0 Å². The van der Waals surface area contributed by atoms with Crippen molar-refractivity contribution in [1.82, 2.24) is 0 Å². The Hall–Kier alpha value is -1.07. The second-order valence-corrected chi connectivity index (χ2v) is 2.14. The Labute approximate surface area is 61.8 Å². The number of carbonyl (C=O) groups excluding carboxylic acids is 1. The summed E-state index contributed by atoms with van der Waals surface area (Å²) in [5.41, 5.74) is 3.88. The van der Waals surface area contributed by atoms with E-state index >= 15 is 0 Å². The van der Waals surface area contributed by atoms with Gasteiger partial charge in [-0.15, -0.1) is 5.73 Å². The molecule has 0 spiro atoms. The minimum Gasteiger partial charge on any atom is -0.300 e. The van der Waals surface area contributed by atoms with Gasteiger partial charge >= 0.3 is 0 Å². The van der Waals surface area contributed by atoms with Crippen LogP contribution in [0.15, 0.2) is 30.0 Å². The number of hydrogen-bond acceptors (Lipinski definition) is 1. The molecule has 0 rings (SSSR count). The third-order valence-electron chi connectivity index (χ3n) is 1.03. The Morgan fingerprint density at radius 1 is 1.60 bits per heavy atom. The Morgan fingerprint density at radius 2 is 2.20 bits per heavy atom. The van der Waals surface area contributed by atoms with Crippen LogP contribution < -0.4 is 0 Å². The quantitative estimate of drug-likeness (QED) is 0.429. The maximum atomic E-state index is 10.4. The lowest BCUT2D eigenvalue weighted by Crippen LogP contribution is -1.82. The van der Waals surface area contributed by atoms with Crippen LogP contribution in [0.3, 0.4) is 0 Å². The molecule has 1 nitrogen and oxygen atoms in total. The summed E-state index contributed by atoms with van der Waals surface area (Å²) in [4.78, 5) is 10.4. The van der Waals surface area contributed by atoms with E-state index in [4.69, 9.17) is 0 Å². The molecule has 0 aliphatic heterocycles. The van der Waals surface area contributed by atoms with Gasteiger partial charge in [-0.05, 0) is 25.5 Å². The van der Waals surface area contributed by atoms with Crippen molar-refractivity contribution in [3.8, 4) is 0 Å². The van der Waals surface area contributed by atoms with E-state index < -0.39 is 0 Å². The van der Waals surface area contributed by atoms with Crippen molar-refractivity contribution in [3.05, 3.63) is 30.0 Å². The van der Waals surface area contributed by atoms with E-state index in [0.29, 0.717) is 6.42 Å². The summed E-state index contributed by atoms with van der Waals surface area (Å²) in [6, 6.07) is 0. The number of Topliss-reactive ketones (excluding diaryl/α,β-unsaturated/α-hetero) is 1. The monoisotopic (exact) mass is 136 g/mol. The summed E-state index contributed by atoms with van der Waals surface area (Å²) >= 11 is 0. The third kappa shape index (κ3) is 5.07. The molecule has 0 aliphatic carbocycles. The molecule has 0 aromatic rings. The van der Waals surface area contributed by atoms with Crippen LogP contribution in [0, 0.1) is 0 Å². The molecule has 10 heavy (non-hydrogen) atoms. The summed E-state index contributed by atoms with van der Waals surface area (Å²) in [7, 11) is 0. The molecule has 0 fully saturated rings. The van der Waals surface area contributed by atoms with Gasteiger partial charge in [-0.3, -0.25) is 4.79 Å². The normalized spacial score (nSPS) is 7.80. The second-order valence-electron chi connectivity index (χ2n) is 2.14. The molecule has 0 heterocycles. The number of rotatable bonds is 3. The van der Waals surface area contributed by atoms with Crippen LogP contribution in [-0.2, 0) is 4.79 Å². The van der Waals surface area contributed by atoms with Crippen LogP contribution in [0.25, 0.3) is 0 Å². The molecule has 0 saturated heterocycles. The first-order valence-corrected chi connectivity index (χ1v) is 3.20. The Balaban J connectivity index is 3.97. The first-order valence-electron chi connectivity index (χ1n) is 3.20. The highest BCUT2D eigenvalue weighted by Gasteiger charge is 1.83. The SMILES string of the molecule is C=CC(C)=C=CCC(C)=O. The van der Waals surface area contributed by atoms with Gasteiger partial charge in [0.15, 0.2) is 0 Å². The second kappa shape index (κ2) is 4.78. The Kier molecular flexibility index (Phi) is 4.26. The van der Waals surface area contributed by atoms with Crippen LogP contribution in [0.5, 0.6) is 0 Å². The van der Waals surface area contributed by atoms with Crippen molar-refractivity contribution < 1.29 is 4.79 Å². The zero-order valence-corrected chi connectivity index (χ0v) is 6.48. The number of carbonyl (C=O) groups is 1. The van der Waals surface area contributed by atoms with Crippen molar-refractivity contribution in [3.63, 3.8) is 0 Å². The van der Waals surface area contributed by atoms with Crippen LogP contribution in [0.2, 0.25) is 0 Å². The molecule has 0 amide bonds. The lowest BCUT2D eigenvalue weighted by Gasteiger charge is -1.81. The van der Waals surface area contributed by atoms with Crippen molar-refractivity contribution in [1.29, 1.82) is 0 Å². The molecule has 0 aromatic carbocycles. The fourth-order valence-electron chi connectivity index (χ4n) is 0.415. The average molecular weight is 136 g/mol. The van der Waals surface area contributed by atoms with Gasteiger partial charge < -0.3 is 0 Å². The van der Waals surface area contributed by atoms with E-state index in [0.717, 1.165) is 5.57 Å². The van der Waals surface area contributed by atoms with E-state index in [-0.39, 0.29) is 5.78 Å². The molecule has 1 heteroatoms. The van der Waals surface area contributed by atoms with Gasteiger partial charge in [0.1, 0.15) is 5.78 Å². The van der Waals surface area contributed by atoms with Crippen LogP contribution >= 0.6 is 0 Å². The van der Waals surface area contributed by atoms with Crippen LogP contribution in [0.1, 0.15) is 20.3 Å². The lowest BCUT2D eigenvalue weighted by molar-refractivity contribution is -0.116. The molecular weight excluding hydrogens is 124 g/mol. The van der Waals surface area contributed by atoms with Gasteiger partial charge in [-0.1, -0.05) is 12.7 Å². The van der Waals surface area contributed by atoms with E-state index in [1.54, 1.807) is 19.1 Å². The molecule has 0 atom stereocenters. The largest absolute Gasteiger partial charge is 0.300 e. The number of hydrogen-bond donors (Lipinski definition) is 0. The third-order valence-corrected chi connectivity index (χ3v) is 1.03. The summed E-state index contributed by atoms with van der Waals surface area (Å²) in [6.45, 7) is 7.00. The molecule has 0 radical (unpaired) electrons. The van der Waals surface area contributed by atoms with Crippen molar-refractivity contribution in [2.24, 2.45) is 0 Å². The van der Waals surface area contributed by atoms with Gasteiger partial charge in [0.2, 0.25) is 0 Å². The predicted molar refractivity (Wildman–Crippen MR) is 42.8 cm³/mol. The van der Waals surface area contributed by atoms with Gasteiger partial charge in [0, 0.05) is 6.42 Å². The van der Waals surface area contributed by atoms with Crippen LogP contribution in [-0.4, -0.2) is 5.78 Å². The molecular formula is C9H12O. The van der Waals surface area contributed by atoms with E-state index in [9.17, 15) is 4.79 Å². The Bertz CT molecular complexity index is 193. The van der Waals surface area contributed by atoms with Crippen molar-refractivity contribution >= 4 is 5.78 Å². The van der Waals surface area contributed by atoms with Gasteiger partial charge in [0.05, 0.1) is 0 Å². The zero-order valence-electron chi connectivity index (χ0n) is 6.48. The molecule has 0 N–H and O–H groups in total. The van der Waals surface area contributed by atoms with Gasteiger partial charge in [-0.2, -0.15) is 0 Å². The summed E-state index contributed by atoms with van der Waals surface area (Å²) in [5, 5.41) is 0. The standard InChI is InChI=1S/C9H12O/c1-4-8(2)6-5-7-9(3)10/h4-5H,1,7H2,2-3H3. The summed E-state index contributed by atoms with van der Waals surface area (Å²) in [5.74, 6) is 0.157. The molecule has 0 bridgehead atoms. The smallest absolute Gasteiger partial charge is 0.134 e. The molecule has 0 aliphatic rings. The van der Waals surface area contributed by atoms with Crippen LogP contribution in [0.4, 0.5) is 0 Å². The number of ketones is 1. The fourth-order valence-corrected chi connectivity index (χ4v) is 0.415. The first kappa shape index (κ1) is 8.93. The van der Waals surface area contributed by atoms with E-state index in [2.05, 4.69) is 12.3 Å². The van der Waals surface area contributed by atoms with Crippen molar-refractivity contribution in [2.45, 2.75) is 20.3 Å². The highest BCUT2D eigenvalue weighted by Crippen LogP contribution is 1.90. The highest BCUT2D eigenvalue weighted by atomic mass is 16.1. The summed E-state index contributed by atoms with van der Waals surface area (Å²) < 4.78 is 0. The average Bonchev–Trinajstić information content (AvgIpc) is 1.87. The molecule has 0 unspecified atom stereocenters. The molecule has 54 valence electrons. The Morgan fingerprint density at radius 3 is 2.60 bits per heavy atom.